The number of esters is 2. The van der Waals surface area contributed by atoms with Crippen LogP contribution >= 0.6 is 0 Å². The molecule has 0 saturated heterocycles. The molecule has 0 heterocycles. The summed E-state index contributed by atoms with van der Waals surface area (Å²) in [6.07, 6.45) is 0.903. The number of aromatic hydroxyl groups is 2. The number of allylic oxidation sites excluding steroid dienone is 2. The number of rotatable bonds is 10. The van der Waals surface area contributed by atoms with E-state index in [1.54, 1.807) is 0 Å². The first kappa shape index (κ1) is 32.9. The number of fused-ring (bicyclic) bond motifs is 3. The third-order valence-corrected chi connectivity index (χ3v) is 12.4. The molecule has 0 saturated carbocycles. The number of carbonyl (C=O) groups excluding carboxylic acids is 4. The summed E-state index contributed by atoms with van der Waals surface area (Å²) in [5.41, 5.74) is -1.09. The lowest BCUT2D eigenvalue weighted by atomic mass is 9.71. The molecule has 0 amide bonds. The van der Waals surface area contributed by atoms with Crippen molar-refractivity contribution < 1.29 is 55.7 Å². The van der Waals surface area contributed by atoms with Crippen LogP contribution < -0.4 is 0 Å². The molecule has 2 aromatic rings. The molecule has 2 N–H and O–H groups in total. The molecule has 2 aliphatic rings. The molecule has 2 aromatic carbocycles. The second kappa shape index (κ2) is 12.2. The van der Waals surface area contributed by atoms with E-state index < -0.39 is 98.0 Å². The molecule has 236 valence electrons. The first-order valence-corrected chi connectivity index (χ1v) is 17.1. The van der Waals surface area contributed by atoms with E-state index in [9.17, 15) is 46.2 Å². The Morgan fingerprint density at radius 2 is 1.05 bits per heavy atom. The zero-order valence-corrected chi connectivity index (χ0v) is 26.0. The normalized spacial score (nSPS) is 19.7. The maximum atomic E-state index is 14.0. The van der Waals surface area contributed by atoms with Crippen LogP contribution in [0.5, 0.6) is 11.5 Å². The van der Waals surface area contributed by atoms with E-state index in [-0.39, 0.29) is 36.8 Å². The van der Waals surface area contributed by atoms with Gasteiger partial charge in [-0.15, -0.1) is 0 Å². The van der Waals surface area contributed by atoms with Crippen LogP contribution in [-0.4, -0.2) is 74.3 Å². The third-order valence-electron chi connectivity index (χ3n) is 7.75. The molecule has 0 fully saturated rings. The fourth-order valence-electron chi connectivity index (χ4n) is 5.66. The molecule has 2 aliphatic carbocycles. The number of carbonyl (C=O) groups is 4. The molecule has 4 atom stereocenters. The van der Waals surface area contributed by atoms with E-state index in [1.165, 1.54) is 52.0 Å². The van der Waals surface area contributed by atoms with Crippen molar-refractivity contribution in [2.24, 2.45) is 11.8 Å². The number of Topliss-reactive ketones (excluding diaryl/α,β-unsaturated/α-hetero) is 2. The van der Waals surface area contributed by atoms with Crippen molar-refractivity contribution in [3.05, 3.63) is 57.4 Å². The fraction of sp³-hybridized carbons (Fsp3) is 0.400. The Balaban J connectivity index is 2.04. The van der Waals surface area contributed by atoms with E-state index in [0.717, 1.165) is 12.2 Å². The average molecular weight is 649 g/mol. The standard InChI is InChI=1S/C30H32O12S2/c1-5-19(29(35)41-7-3)43(37,38)21-13-17-18(14-22(21)44(39,40)20(6-2)30(36)42-8-4)28(34)24-23(27(17)33)25(31)15-11-9-10-12-16(15)26(24)32/h9-14,17-20,31-32H,5-8H2,1-4H3. The quantitative estimate of drug-likeness (QED) is 0.283. The van der Waals surface area contributed by atoms with Crippen molar-refractivity contribution in [1.82, 2.24) is 0 Å². The molecule has 4 rings (SSSR count). The van der Waals surface area contributed by atoms with E-state index in [0.29, 0.717) is 0 Å². The van der Waals surface area contributed by atoms with Crippen molar-refractivity contribution in [3.8, 4) is 11.5 Å². The Morgan fingerprint density at radius 3 is 1.34 bits per heavy atom. The van der Waals surface area contributed by atoms with Gasteiger partial charge in [0.1, 0.15) is 11.5 Å². The molecular weight excluding hydrogens is 616 g/mol. The van der Waals surface area contributed by atoms with Gasteiger partial charge >= 0.3 is 11.9 Å². The second-order valence-electron chi connectivity index (χ2n) is 10.2. The first-order chi connectivity index (χ1) is 20.7. The van der Waals surface area contributed by atoms with Gasteiger partial charge in [-0.05, 0) is 26.7 Å². The summed E-state index contributed by atoms with van der Waals surface area (Å²) < 4.78 is 65.9. The molecule has 0 aromatic heterocycles. The van der Waals surface area contributed by atoms with Gasteiger partial charge in [0.25, 0.3) is 0 Å². The molecule has 12 nitrogen and oxygen atoms in total. The highest BCUT2D eigenvalue weighted by Gasteiger charge is 2.51. The Hall–Kier alpha value is -4.04. The molecule has 0 bridgehead atoms. The first-order valence-electron chi connectivity index (χ1n) is 14.0. The van der Waals surface area contributed by atoms with Crippen molar-refractivity contribution in [1.29, 1.82) is 0 Å². The van der Waals surface area contributed by atoms with Gasteiger partial charge in [-0.1, -0.05) is 50.3 Å². The van der Waals surface area contributed by atoms with Gasteiger partial charge in [0.05, 0.1) is 46.0 Å². The summed E-state index contributed by atoms with van der Waals surface area (Å²) in [4.78, 5) is 51.3. The second-order valence-corrected chi connectivity index (χ2v) is 14.4. The summed E-state index contributed by atoms with van der Waals surface area (Å²) in [6.45, 7) is 5.31. The highest BCUT2D eigenvalue weighted by atomic mass is 32.2. The summed E-state index contributed by atoms with van der Waals surface area (Å²) in [5.74, 6) is -8.71. The lowest BCUT2D eigenvalue weighted by Crippen LogP contribution is -2.42. The lowest BCUT2D eigenvalue weighted by Gasteiger charge is -2.33. The summed E-state index contributed by atoms with van der Waals surface area (Å²) in [5, 5.41) is 18.4. The minimum Gasteiger partial charge on any atom is -0.507 e. The maximum Gasteiger partial charge on any atom is 0.324 e. The van der Waals surface area contributed by atoms with Crippen LogP contribution in [0.2, 0.25) is 0 Å². The van der Waals surface area contributed by atoms with Crippen LogP contribution in [0.15, 0.2) is 46.2 Å². The highest BCUT2D eigenvalue weighted by molar-refractivity contribution is 8.01. The van der Waals surface area contributed by atoms with E-state index in [2.05, 4.69) is 0 Å². The number of hydrogen-bond acceptors (Lipinski definition) is 12. The van der Waals surface area contributed by atoms with Gasteiger partial charge in [0.2, 0.25) is 0 Å². The van der Waals surface area contributed by atoms with Crippen molar-refractivity contribution in [2.75, 3.05) is 13.2 Å². The fourth-order valence-corrected chi connectivity index (χ4v) is 9.86. The molecule has 0 spiro atoms. The van der Waals surface area contributed by atoms with E-state index >= 15 is 0 Å². The number of phenols is 2. The lowest BCUT2D eigenvalue weighted by molar-refractivity contribution is -0.143. The largest absolute Gasteiger partial charge is 0.507 e. The maximum absolute atomic E-state index is 14.0. The topological polar surface area (TPSA) is 195 Å². The third kappa shape index (κ3) is 5.09. The number of ketones is 2. The number of phenolic OH excluding ortho intramolecular Hbond substituents is 2. The smallest absolute Gasteiger partial charge is 0.324 e. The average Bonchev–Trinajstić information content (AvgIpc) is 2.97. The molecular formula is C30H32O12S2. The highest BCUT2D eigenvalue weighted by Crippen LogP contribution is 2.49. The van der Waals surface area contributed by atoms with Crippen LogP contribution in [0, 0.1) is 11.8 Å². The SMILES string of the molecule is CCOC(=O)C(CC)S(=O)(=O)C1=CC2C(=O)c3c(c(O)c4ccccc4c3O)C(=O)C2C=C1S(=O)(=O)C(CC)C(=O)OCC. The van der Waals surface area contributed by atoms with E-state index in [1.807, 2.05) is 0 Å². The zero-order valence-electron chi connectivity index (χ0n) is 24.4. The van der Waals surface area contributed by atoms with Gasteiger partial charge in [-0.3, -0.25) is 19.2 Å². The Kier molecular flexibility index (Phi) is 9.08. The minimum atomic E-state index is -4.92. The number of hydrogen-bond donors (Lipinski definition) is 2. The molecule has 4 unspecified atom stereocenters. The molecule has 0 aliphatic heterocycles. The van der Waals surface area contributed by atoms with Gasteiger partial charge in [-0.25, -0.2) is 16.8 Å². The Labute approximate surface area is 254 Å². The van der Waals surface area contributed by atoms with Gasteiger partial charge in [0, 0.05) is 10.8 Å². The van der Waals surface area contributed by atoms with E-state index in [4.69, 9.17) is 9.47 Å². The van der Waals surface area contributed by atoms with Gasteiger partial charge in [0.15, 0.2) is 41.7 Å². The monoisotopic (exact) mass is 648 g/mol. The molecule has 14 heteroatoms. The summed E-state index contributed by atoms with van der Waals surface area (Å²) >= 11 is 0. The van der Waals surface area contributed by atoms with Crippen LogP contribution in [0.4, 0.5) is 0 Å². The van der Waals surface area contributed by atoms with Crippen molar-refractivity contribution in [3.63, 3.8) is 0 Å². The van der Waals surface area contributed by atoms with Crippen LogP contribution in [0.3, 0.4) is 0 Å². The Morgan fingerprint density at radius 1 is 0.705 bits per heavy atom. The predicted octanol–water partition coefficient (Wildman–Crippen LogP) is 3.16. The Bertz CT molecular complexity index is 1720. The number of benzene rings is 2. The molecule has 44 heavy (non-hydrogen) atoms. The van der Waals surface area contributed by atoms with Gasteiger partial charge in [-0.2, -0.15) is 0 Å². The van der Waals surface area contributed by atoms with Crippen LogP contribution in [0.25, 0.3) is 10.8 Å². The van der Waals surface area contributed by atoms with Crippen molar-refractivity contribution >= 4 is 54.0 Å². The minimum absolute atomic E-state index is 0.0587. The number of ether oxygens (including phenoxy) is 2. The summed E-state index contributed by atoms with van der Waals surface area (Å²) in [6, 6.07) is 5.89. The van der Waals surface area contributed by atoms with Crippen LogP contribution in [0.1, 0.15) is 61.3 Å². The summed E-state index contributed by atoms with van der Waals surface area (Å²) in [7, 11) is -9.84. The van der Waals surface area contributed by atoms with Crippen LogP contribution in [-0.2, 0) is 38.7 Å². The van der Waals surface area contributed by atoms with Gasteiger partial charge < -0.3 is 19.7 Å². The van der Waals surface area contributed by atoms with Crippen molar-refractivity contribution in [2.45, 2.75) is 51.0 Å². The zero-order chi connectivity index (χ0) is 32.7. The predicted molar refractivity (Wildman–Crippen MR) is 158 cm³/mol. The molecule has 0 radical (unpaired) electrons. The number of sulfone groups is 2.